The molecule has 1 atom stereocenters. The maximum atomic E-state index is 12.9. The Hall–Kier alpha value is -1.95. The molecule has 0 saturated carbocycles. The summed E-state index contributed by atoms with van der Waals surface area (Å²) in [5, 5.41) is 14.6. The summed E-state index contributed by atoms with van der Waals surface area (Å²) in [5.41, 5.74) is 0.387. The lowest BCUT2D eigenvalue weighted by Crippen LogP contribution is -2.38. The summed E-state index contributed by atoms with van der Waals surface area (Å²) >= 11 is 0. The largest absolute Gasteiger partial charge is 0.387 e. The summed E-state index contributed by atoms with van der Waals surface area (Å²) in [6.07, 6.45) is -0.680. The van der Waals surface area contributed by atoms with Gasteiger partial charge in [-0.15, -0.1) is 0 Å². The number of carbonyl (C=O) groups excluding carboxylic acids is 2. The van der Waals surface area contributed by atoms with Crippen molar-refractivity contribution in [1.82, 2.24) is 10.6 Å². The molecule has 3 N–H and O–H groups in total. The van der Waals surface area contributed by atoms with Crippen molar-refractivity contribution in [2.45, 2.75) is 19.4 Å². The molecule has 5 nitrogen and oxygen atoms in total. The Bertz CT molecular complexity index is 451. The van der Waals surface area contributed by atoms with Crippen molar-refractivity contribution in [1.29, 1.82) is 0 Å². The first-order valence-corrected chi connectivity index (χ1v) is 6.00. The zero-order valence-corrected chi connectivity index (χ0v) is 10.6. The van der Waals surface area contributed by atoms with Crippen molar-refractivity contribution in [2.24, 2.45) is 0 Å². The van der Waals surface area contributed by atoms with Crippen LogP contribution in [0.4, 0.5) is 4.39 Å². The highest BCUT2D eigenvalue weighted by atomic mass is 19.1. The van der Waals surface area contributed by atoms with Gasteiger partial charge >= 0.3 is 0 Å². The minimum atomic E-state index is -0.985. The molecule has 0 aromatic heterocycles. The molecule has 1 aromatic rings. The van der Waals surface area contributed by atoms with E-state index < -0.39 is 17.8 Å². The third kappa shape index (κ3) is 5.48. The average molecular weight is 268 g/mol. The molecule has 1 aromatic carbocycles. The van der Waals surface area contributed by atoms with Crippen LogP contribution >= 0.6 is 0 Å². The SMILES string of the molecule is CCC(=O)NCC(=O)NCC(O)c1cccc(F)c1. The lowest BCUT2D eigenvalue weighted by Gasteiger charge is -2.12. The lowest BCUT2D eigenvalue weighted by atomic mass is 10.1. The van der Waals surface area contributed by atoms with E-state index in [1.165, 1.54) is 18.2 Å². The van der Waals surface area contributed by atoms with Crippen LogP contribution in [0, 0.1) is 5.82 Å². The first kappa shape index (κ1) is 15.1. The highest BCUT2D eigenvalue weighted by Crippen LogP contribution is 2.12. The summed E-state index contributed by atoms with van der Waals surface area (Å²) < 4.78 is 12.9. The minimum Gasteiger partial charge on any atom is -0.387 e. The number of rotatable bonds is 6. The van der Waals surface area contributed by atoms with Gasteiger partial charge in [0, 0.05) is 13.0 Å². The molecule has 0 aliphatic rings. The number of hydrogen-bond acceptors (Lipinski definition) is 3. The van der Waals surface area contributed by atoms with Gasteiger partial charge in [0.25, 0.3) is 0 Å². The number of hydrogen-bond donors (Lipinski definition) is 3. The molecule has 0 spiro atoms. The maximum Gasteiger partial charge on any atom is 0.239 e. The van der Waals surface area contributed by atoms with Crippen LogP contribution in [0.3, 0.4) is 0 Å². The average Bonchev–Trinajstić information content (AvgIpc) is 2.41. The van der Waals surface area contributed by atoms with E-state index in [1.807, 2.05) is 0 Å². The molecule has 0 radical (unpaired) electrons. The number of aliphatic hydroxyl groups excluding tert-OH is 1. The minimum absolute atomic E-state index is 0.0374. The molecule has 0 bridgehead atoms. The highest BCUT2D eigenvalue weighted by molar-refractivity contribution is 5.84. The number of aliphatic hydroxyl groups is 1. The van der Waals surface area contributed by atoms with Gasteiger partial charge in [0.05, 0.1) is 12.6 Å². The summed E-state index contributed by atoms with van der Waals surface area (Å²) in [6.45, 7) is 1.51. The second kappa shape index (κ2) is 7.48. The first-order chi connectivity index (χ1) is 9.02. The number of halogens is 1. The Morgan fingerprint density at radius 3 is 2.68 bits per heavy atom. The zero-order valence-electron chi connectivity index (χ0n) is 10.6. The molecule has 6 heteroatoms. The summed E-state index contributed by atoms with van der Waals surface area (Å²) in [4.78, 5) is 22.3. The van der Waals surface area contributed by atoms with E-state index in [0.717, 1.165) is 0 Å². The smallest absolute Gasteiger partial charge is 0.239 e. The second-order valence-corrected chi connectivity index (χ2v) is 4.01. The monoisotopic (exact) mass is 268 g/mol. The van der Waals surface area contributed by atoms with E-state index in [9.17, 15) is 19.1 Å². The van der Waals surface area contributed by atoms with E-state index in [-0.39, 0.29) is 19.0 Å². The van der Waals surface area contributed by atoms with Gasteiger partial charge in [-0.05, 0) is 17.7 Å². The van der Waals surface area contributed by atoms with Crippen LogP contribution in [-0.4, -0.2) is 30.0 Å². The second-order valence-electron chi connectivity index (χ2n) is 4.01. The van der Waals surface area contributed by atoms with Gasteiger partial charge in [-0.1, -0.05) is 19.1 Å². The van der Waals surface area contributed by atoms with Crippen molar-refractivity contribution < 1.29 is 19.1 Å². The van der Waals surface area contributed by atoms with Gasteiger partial charge in [0.1, 0.15) is 5.82 Å². The Kier molecular flexibility index (Phi) is 5.95. The predicted molar refractivity (Wildman–Crippen MR) is 67.7 cm³/mol. The highest BCUT2D eigenvalue weighted by Gasteiger charge is 2.10. The Morgan fingerprint density at radius 2 is 2.05 bits per heavy atom. The van der Waals surface area contributed by atoms with E-state index in [4.69, 9.17) is 0 Å². The molecular weight excluding hydrogens is 251 g/mol. The molecule has 104 valence electrons. The Balaban J connectivity index is 2.35. The van der Waals surface area contributed by atoms with Crippen molar-refractivity contribution in [3.05, 3.63) is 35.6 Å². The fourth-order valence-corrected chi connectivity index (χ4v) is 1.41. The van der Waals surface area contributed by atoms with E-state index in [0.29, 0.717) is 12.0 Å². The molecule has 1 unspecified atom stereocenters. The van der Waals surface area contributed by atoms with Gasteiger partial charge in [0.2, 0.25) is 11.8 Å². The number of carbonyl (C=O) groups is 2. The van der Waals surface area contributed by atoms with Crippen molar-refractivity contribution in [3.8, 4) is 0 Å². The molecule has 2 amide bonds. The van der Waals surface area contributed by atoms with Crippen LogP contribution in [0.15, 0.2) is 24.3 Å². The normalized spacial score (nSPS) is 11.7. The first-order valence-electron chi connectivity index (χ1n) is 6.00. The standard InChI is InChI=1S/C13H17FN2O3/c1-2-12(18)16-8-13(19)15-7-11(17)9-4-3-5-10(14)6-9/h3-6,11,17H,2,7-8H2,1H3,(H,15,19)(H,16,18). The third-order valence-corrected chi connectivity index (χ3v) is 2.49. The summed E-state index contributed by atoms with van der Waals surface area (Å²) in [6, 6.07) is 5.53. The van der Waals surface area contributed by atoms with Crippen molar-refractivity contribution >= 4 is 11.8 Å². The maximum absolute atomic E-state index is 12.9. The number of amides is 2. The predicted octanol–water partition coefficient (Wildman–Crippen LogP) is 0.502. The Labute approximate surface area is 110 Å². The van der Waals surface area contributed by atoms with Crippen LogP contribution in [0.2, 0.25) is 0 Å². The van der Waals surface area contributed by atoms with E-state index in [1.54, 1.807) is 13.0 Å². The summed E-state index contributed by atoms with van der Waals surface area (Å²) in [7, 11) is 0. The van der Waals surface area contributed by atoms with Gasteiger partial charge in [-0.3, -0.25) is 9.59 Å². The van der Waals surface area contributed by atoms with Crippen LogP contribution < -0.4 is 10.6 Å². The molecule has 0 fully saturated rings. The van der Waals surface area contributed by atoms with Gasteiger partial charge < -0.3 is 15.7 Å². The van der Waals surface area contributed by atoms with Crippen molar-refractivity contribution in [3.63, 3.8) is 0 Å². The fraction of sp³-hybridized carbons (Fsp3) is 0.385. The van der Waals surface area contributed by atoms with E-state index >= 15 is 0 Å². The topological polar surface area (TPSA) is 78.4 Å². The van der Waals surface area contributed by atoms with E-state index in [2.05, 4.69) is 10.6 Å². The van der Waals surface area contributed by atoms with Crippen LogP contribution in [0.25, 0.3) is 0 Å². The fourth-order valence-electron chi connectivity index (χ4n) is 1.41. The number of benzene rings is 1. The molecule has 1 rings (SSSR count). The van der Waals surface area contributed by atoms with Crippen LogP contribution in [-0.2, 0) is 9.59 Å². The quantitative estimate of drug-likeness (QED) is 0.703. The summed E-state index contributed by atoms with van der Waals surface area (Å²) in [5.74, 6) is -1.07. The van der Waals surface area contributed by atoms with Gasteiger partial charge in [0.15, 0.2) is 0 Å². The number of nitrogens with one attached hydrogen (secondary N) is 2. The van der Waals surface area contributed by atoms with Crippen LogP contribution in [0.1, 0.15) is 25.0 Å². The lowest BCUT2D eigenvalue weighted by molar-refractivity contribution is -0.126. The zero-order chi connectivity index (χ0) is 14.3. The van der Waals surface area contributed by atoms with Gasteiger partial charge in [-0.25, -0.2) is 4.39 Å². The van der Waals surface area contributed by atoms with Crippen molar-refractivity contribution in [2.75, 3.05) is 13.1 Å². The molecule has 0 aliphatic carbocycles. The molecular formula is C13H17FN2O3. The Morgan fingerprint density at radius 1 is 1.32 bits per heavy atom. The molecule has 0 aliphatic heterocycles. The molecule has 0 saturated heterocycles. The van der Waals surface area contributed by atoms with Gasteiger partial charge in [-0.2, -0.15) is 0 Å². The molecule has 19 heavy (non-hydrogen) atoms. The molecule has 0 heterocycles. The van der Waals surface area contributed by atoms with Crippen LogP contribution in [0.5, 0.6) is 0 Å². The third-order valence-electron chi connectivity index (χ3n) is 2.49.